The second kappa shape index (κ2) is 10.7. The number of rotatable bonds is 6. The molecule has 0 bridgehead atoms. The Balaban J connectivity index is 1.72. The van der Waals surface area contributed by atoms with E-state index in [1.165, 1.54) is 23.8 Å². The molecule has 1 N–H and O–H groups in total. The Morgan fingerprint density at radius 2 is 1.86 bits per heavy atom. The van der Waals surface area contributed by atoms with Gasteiger partial charge in [-0.1, -0.05) is 65.8 Å². The van der Waals surface area contributed by atoms with Crippen molar-refractivity contribution < 1.29 is 14.3 Å². The molecule has 1 heterocycles. The molecular weight excluding hydrogens is 482 g/mol. The molecule has 6 nitrogen and oxygen atoms in total. The van der Waals surface area contributed by atoms with E-state index >= 15 is 0 Å². The van der Waals surface area contributed by atoms with Crippen LogP contribution in [0.1, 0.15) is 11.1 Å². The summed E-state index contributed by atoms with van der Waals surface area (Å²) in [5.74, 6) is -0.356. The van der Waals surface area contributed by atoms with Gasteiger partial charge < -0.3 is 10.1 Å². The molecular formula is C27H22ClN3O3S. The quantitative estimate of drug-likeness (QED) is 0.343. The lowest BCUT2D eigenvalue weighted by molar-refractivity contribution is -0.117. The van der Waals surface area contributed by atoms with E-state index in [0.717, 1.165) is 11.1 Å². The maximum Gasteiger partial charge on any atom is 0.269 e. The summed E-state index contributed by atoms with van der Waals surface area (Å²) in [7, 11) is 1.50. The first-order valence-electron chi connectivity index (χ1n) is 10.8. The summed E-state index contributed by atoms with van der Waals surface area (Å²) in [6.45, 7) is 1.92. The normalized spacial score (nSPS) is 16.6. The number of anilines is 2. The van der Waals surface area contributed by atoms with Crippen LogP contribution in [-0.2, 0) is 16.0 Å². The summed E-state index contributed by atoms with van der Waals surface area (Å²) in [5, 5.41) is 13.1. The molecule has 1 atom stereocenters. The largest absolute Gasteiger partial charge is 0.495 e. The first kappa shape index (κ1) is 24.4. The summed E-state index contributed by atoms with van der Waals surface area (Å²) >= 11 is 7.49. The van der Waals surface area contributed by atoms with Crippen LogP contribution in [0.15, 0.2) is 83.4 Å². The highest BCUT2D eigenvalue weighted by Gasteiger charge is 2.40. The predicted molar refractivity (Wildman–Crippen MR) is 139 cm³/mol. The monoisotopic (exact) mass is 503 g/mol. The van der Waals surface area contributed by atoms with E-state index in [1.807, 2.05) is 37.3 Å². The number of benzene rings is 3. The molecule has 0 aliphatic carbocycles. The van der Waals surface area contributed by atoms with E-state index in [-0.39, 0.29) is 11.5 Å². The number of carbonyl (C=O) groups is 2. The molecule has 8 heteroatoms. The molecule has 35 heavy (non-hydrogen) atoms. The molecule has 4 rings (SSSR count). The number of ether oxygens (including phenoxy) is 1. The van der Waals surface area contributed by atoms with Crippen LogP contribution in [0.4, 0.5) is 11.4 Å². The Kier molecular flexibility index (Phi) is 7.45. The Morgan fingerprint density at radius 3 is 2.54 bits per heavy atom. The SMILES string of the molecule is COc1ccccc1NC(=O)/C(C#N)=C1\S[C@H](Cc2ccc(C)c(Cl)c2)C(=O)N1c1ccccc1. The fourth-order valence-electron chi connectivity index (χ4n) is 3.71. The van der Waals surface area contributed by atoms with Crippen LogP contribution in [0.5, 0.6) is 5.75 Å². The fraction of sp³-hybridized carbons (Fsp3) is 0.148. The molecule has 176 valence electrons. The van der Waals surface area contributed by atoms with Crippen molar-refractivity contribution in [3.8, 4) is 11.8 Å². The minimum Gasteiger partial charge on any atom is -0.495 e. The number of amides is 2. The van der Waals surface area contributed by atoms with Gasteiger partial charge in [0.1, 0.15) is 22.4 Å². The van der Waals surface area contributed by atoms with Crippen molar-refractivity contribution in [1.29, 1.82) is 5.26 Å². The van der Waals surface area contributed by atoms with Gasteiger partial charge in [0.05, 0.1) is 18.0 Å². The molecule has 1 aliphatic rings. The molecule has 0 unspecified atom stereocenters. The minimum absolute atomic E-state index is 0.150. The van der Waals surface area contributed by atoms with Gasteiger partial charge in [-0.05, 0) is 54.8 Å². The minimum atomic E-state index is -0.618. The van der Waals surface area contributed by atoms with Crippen molar-refractivity contribution in [3.05, 3.63) is 99.5 Å². The van der Waals surface area contributed by atoms with Crippen LogP contribution in [0, 0.1) is 18.3 Å². The van der Waals surface area contributed by atoms with Gasteiger partial charge in [-0.2, -0.15) is 5.26 Å². The summed E-state index contributed by atoms with van der Waals surface area (Å²) in [5.41, 5.74) is 2.72. The average molecular weight is 504 g/mol. The molecule has 3 aromatic rings. The third kappa shape index (κ3) is 5.19. The lowest BCUT2D eigenvalue weighted by Crippen LogP contribution is -2.30. The van der Waals surface area contributed by atoms with E-state index in [0.29, 0.717) is 33.6 Å². The van der Waals surface area contributed by atoms with Gasteiger partial charge in [-0.25, -0.2) is 0 Å². The number of methoxy groups -OCH3 is 1. The van der Waals surface area contributed by atoms with Crippen molar-refractivity contribution in [2.75, 3.05) is 17.3 Å². The number of nitrogens with one attached hydrogen (secondary N) is 1. The van der Waals surface area contributed by atoms with Gasteiger partial charge >= 0.3 is 0 Å². The Labute approximate surface area is 213 Å². The highest BCUT2D eigenvalue weighted by Crippen LogP contribution is 2.42. The van der Waals surface area contributed by atoms with Crippen molar-refractivity contribution in [2.45, 2.75) is 18.6 Å². The van der Waals surface area contributed by atoms with Crippen molar-refractivity contribution in [3.63, 3.8) is 0 Å². The summed E-state index contributed by atoms with van der Waals surface area (Å²) in [6.07, 6.45) is 0.406. The van der Waals surface area contributed by atoms with E-state index in [9.17, 15) is 14.9 Å². The first-order chi connectivity index (χ1) is 16.9. The van der Waals surface area contributed by atoms with Crippen LogP contribution in [0.25, 0.3) is 0 Å². The van der Waals surface area contributed by atoms with Gasteiger partial charge in [0, 0.05) is 10.7 Å². The third-order valence-electron chi connectivity index (χ3n) is 5.53. The molecule has 0 spiro atoms. The van der Waals surface area contributed by atoms with E-state index < -0.39 is 11.2 Å². The Bertz CT molecular complexity index is 1350. The second-order valence-corrected chi connectivity index (χ2v) is 9.45. The Morgan fingerprint density at radius 1 is 1.14 bits per heavy atom. The molecule has 1 saturated heterocycles. The van der Waals surface area contributed by atoms with Crippen LogP contribution < -0.4 is 15.0 Å². The highest BCUT2D eigenvalue weighted by molar-refractivity contribution is 8.05. The Hall–Kier alpha value is -3.73. The van der Waals surface area contributed by atoms with Crippen molar-refractivity contribution >= 4 is 46.6 Å². The van der Waals surface area contributed by atoms with Crippen LogP contribution in [0.2, 0.25) is 5.02 Å². The molecule has 1 aliphatic heterocycles. The second-order valence-electron chi connectivity index (χ2n) is 7.85. The highest BCUT2D eigenvalue weighted by atomic mass is 35.5. The lowest BCUT2D eigenvalue weighted by atomic mass is 10.1. The number of para-hydroxylation sites is 3. The number of aryl methyl sites for hydroxylation is 1. The van der Waals surface area contributed by atoms with Gasteiger partial charge in [0.15, 0.2) is 0 Å². The molecule has 0 saturated carbocycles. The zero-order valence-corrected chi connectivity index (χ0v) is 20.7. The fourth-order valence-corrected chi connectivity index (χ4v) is 5.22. The molecule has 0 radical (unpaired) electrons. The van der Waals surface area contributed by atoms with E-state index in [4.69, 9.17) is 16.3 Å². The average Bonchev–Trinajstić information content (AvgIpc) is 3.18. The van der Waals surface area contributed by atoms with Crippen LogP contribution in [0.3, 0.4) is 0 Å². The molecule has 1 fully saturated rings. The first-order valence-corrected chi connectivity index (χ1v) is 12.1. The van der Waals surface area contributed by atoms with Crippen LogP contribution in [-0.4, -0.2) is 24.2 Å². The molecule has 2 amide bonds. The topological polar surface area (TPSA) is 82.4 Å². The van der Waals surface area contributed by atoms with Gasteiger partial charge in [-0.3, -0.25) is 14.5 Å². The third-order valence-corrected chi connectivity index (χ3v) is 7.20. The predicted octanol–water partition coefficient (Wildman–Crippen LogP) is 5.72. The number of nitriles is 1. The van der Waals surface area contributed by atoms with Crippen LogP contribution >= 0.6 is 23.4 Å². The summed E-state index contributed by atoms with van der Waals surface area (Å²) < 4.78 is 5.30. The number of hydrogen-bond acceptors (Lipinski definition) is 5. The summed E-state index contributed by atoms with van der Waals surface area (Å²) in [6, 6.07) is 23.6. The van der Waals surface area contributed by atoms with Crippen molar-refractivity contribution in [1.82, 2.24) is 0 Å². The zero-order chi connectivity index (χ0) is 24.9. The summed E-state index contributed by atoms with van der Waals surface area (Å²) in [4.78, 5) is 28.2. The van der Waals surface area contributed by atoms with Gasteiger partial charge in [-0.15, -0.1) is 0 Å². The maximum absolute atomic E-state index is 13.6. The molecule has 0 aromatic heterocycles. The number of nitrogens with zero attached hydrogens (tertiary/aromatic N) is 2. The number of thioether (sulfide) groups is 1. The van der Waals surface area contributed by atoms with Gasteiger partial charge in [0.2, 0.25) is 5.91 Å². The standard InChI is InChI=1S/C27H22ClN3O3S/c1-17-12-13-18(14-21(17)28)15-24-26(33)31(19-8-4-3-5-9-19)27(35-24)20(16-29)25(32)30-22-10-6-7-11-23(22)34-2/h3-14,24H,15H2,1-2H3,(H,30,32)/b27-20-/t24-/m1/s1. The van der Waals surface area contributed by atoms with Crippen molar-refractivity contribution in [2.24, 2.45) is 0 Å². The van der Waals surface area contributed by atoms with E-state index in [1.54, 1.807) is 48.5 Å². The zero-order valence-electron chi connectivity index (χ0n) is 19.1. The van der Waals surface area contributed by atoms with Gasteiger partial charge in [0.25, 0.3) is 5.91 Å². The smallest absolute Gasteiger partial charge is 0.269 e. The lowest BCUT2D eigenvalue weighted by Gasteiger charge is -2.19. The number of halogens is 1. The van der Waals surface area contributed by atoms with E-state index in [2.05, 4.69) is 5.32 Å². The number of hydrogen-bond donors (Lipinski definition) is 1. The number of carbonyl (C=O) groups excluding carboxylic acids is 2. The maximum atomic E-state index is 13.6. The molecule has 3 aromatic carbocycles.